The number of ether oxygens (including phenoxy) is 1. The van der Waals surface area contributed by atoms with Gasteiger partial charge in [0.1, 0.15) is 5.82 Å². The van der Waals surface area contributed by atoms with Crippen LogP contribution in [0.5, 0.6) is 0 Å². The predicted octanol–water partition coefficient (Wildman–Crippen LogP) is 2.36. The Bertz CT molecular complexity index is 645. The fourth-order valence-corrected chi connectivity index (χ4v) is 3.12. The molecule has 1 fully saturated rings. The summed E-state index contributed by atoms with van der Waals surface area (Å²) in [6.45, 7) is 7.94. The highest BCUT2D eigenvalue weighted by Crippen LogP contribution is 2.08. The lowest BCUT2D eigenvalue weighted by atomic mass is 10.2. The Balaban J connectivity index is 1.41. The first-order valence-electron chi connectivity index (χ1n) is 9.00. The maximum Gasteiger partial charge on any atom is 0.122 e. The number of aromatic nitrogens is 2. The maximum absolute atomic E-state index is 5.17. The van der Waals surface area contributed by atoms with Crippen LogP contribution in [0.15, 0.2) is 48.8 Å². The Hall–Kier alpha value is -1.95. The lowest BCUT2D eigenvalue weighted by molar-refractivity contribution is 0.132. The molecule has 0 bridgehead atoms. The minimum atomic E-state index is 0.727. The van der Waals surface area contributed by atoms with Crippen LogP contribution in [-0.4, -0.2) is 65.8 Å². The molecule has 0 radical (unpaired) electrons. The molecule has 1 aromatic heterocycles. The summed E-state index contributed by atoms with van der Waals surface area (Å²) in [5.74, 6) is 1.13. The third-order valence-corrected chi connectivity index (χ3v) is 4.64. The monoisotopic (exact) mass is 340 g/mol. The number of benzene rings is 1. The van der Waals surface area contributed by atoms with Crippen LogP contribution in [0, 0.1) is 0 Å². The topological polar surface area (TPSA) is 33.5 Å². The van der Waals surface area contributed by atoms with Crippen LogP contribution in [0.25, 0.3) is 6.08 Å². The molecule has 0 atom stereocenters. The Labute approximate surface area is 150 Å². The zero-order chi connectivity index (χ0) is 17.3. The van der Waals surface area contributed by atoms with Crippen LogP contribution in [0.4, 0.5) is 0 Å². The van der Waals surface area contributed by atoms with E-state index < -0.39 is 0 Å². The summed E-state index contributed by atoms with van der Waals surface area (Å²) in [5, 5.41) is 0. The van der Waals surface area contributed by atoms with Gasteiger partial charge in [-0.25, -0.2) is 4.98 Å². The van der Waals surface area contributed by atoms with Gasteiger partial charge < -0.3 is 9.30 Å². The van der Waals surface area contributed by atoms with Gasteiger partial charge in [0.25, 0.3) is 0 Å². The molecule has 0 amide bonds. The van der Waals surface area contributed by atoms with E-state index in [9.17, 15) is 0 Å². The summed E-state index contributed by atoms with van der Waals surface area (Å²) < 4.78 is 7.36. The van der Waals surface area contributed by atoms with Crippen LogP contribution >= 0.6 is 0 Å². The molecule has 0 unspecified atom stereocenters. The molecule has 3 rings (SSSR count). The normalized spacial score (nSPS) is 16.7. The van der Waals surface area contributed by atoms with Crippen LogP contribution < -0.4 is 0 Å². The average molecular weight is 340 g/mol. The third-order valence-electron chi connectivity index (χ3n) is 4.64. The number of hydrogen-bond acceptors (Lipinski definition) is 4. The molecule has 2 aromatic rings. The highest BCUT2D eigenvalue weighted by Gasteiger charge is 2.17. The second-order valence-electron chi connectivity index (χ2n) is 6.42. The van der Waals surface area contributed by atoms with E-state index in [-0.39, 0.29) is 0 Å². The van der Waals surface area contributed by atoms with Crippen molar-refractivity contribution in [3.63, 3.8) is 0 Å². The quantitative estimate of drug-likeness (QED) is 0.739. The standard InChI is InChI=1S/C20H28N4O/c1-25-17-16-24-11-9-21-20(24)18-23-14-12-22(13-15-23)10-5-8-19-6-3-2-4-7-19/h2-9,11H,10,12-18H2,1H3/b8-5+. The average Bonchev–Trinajstić information content (AvgIpc) is 3.09. The molecule has 0 spiro atoms. The second kappa shape index (κ2) is 9.51. The minimum Gasteiger partial charge on any atom is -0.383 e. The Kier molecular flexibility index (Phi) is 6.79. The zero-order valence-corrected chi connectivity index (χ0v) is 15.1. The van der Waals surface area contributed by atoms with Crippen LogP contribution in [0.1, 0.15) is 11.4 Å². The number of hydrogen-bond donors (Lipinski definition) is 0. The molecule has 1 saturated heterocycles. The van der Waals surface area contributed by atoms with Crippen molar-refractivity contribution in [3.05, 3.63) is 60.2 Å². The molecule has 1 aliphatic rings. The van der Waals surface area contributed by atoms with Gasteiger partial charge in [-0.05, 0) is 5.56 Å². The highest BCUT2D eigenvalue weighted by atomic mass is 16.5. The molecule has 0 aliphatic carbocycles. The van der Waals surface area contributed by atoms with Crippen molar-refractivity contribution in [2.75, 3.05) is 46.4 Å². The van der Waals surface area contributed by atoms with Gasteiger partial charge in [0.05, 0.1) is 13.2 Å². The molecule has 5 heteroatoms. The van der Waals surface area contributed by atoms with E-state index in [2.05, 4.69) is 61.8 Å². The number of piperazine rings is 1. The van der Waals surface area contributed by atoms with Crippen LogP contribution in [0.2, 0.25) is 0 Å². The molecule has 1 aromatic carbocycles. The van der Waals surface area contributed by atoms with Gasteiger partial charge in [-0.2, -0.15) is 0 Å². The zero-order valence-electron chi connectivity index (χ0n) is 15.1. The minimum absolute atomic E-state index is 0.727. The van der Waals surface area contributed by atoms with Crippen molar-refractivity contribution >= 4 is 6.08 Å². The van der Waals surface area contributed by atoms with Crippen molar-refractivity contribution in [1.82, 2.24) is 19.4 Å². The Morgan fingerprint density at radius 2 is 1.84 bits per heavy atom. The van der Waals surface area contributed by atoms with Crippen LogP contribution in [0.3, 0.4) is 0 Å². The largest absolute Gasteiger partial charge is 0.383 e. The Morgan fingerprint density at radius 1 is 1.08 bits per heavy atom. The van der Waals surface area contributed by atoms with E-state index in [0.717, 1.165) is 58.2 Å². The first-order chi connectivity index (χ1) is 12.3. The lowest BCUT2D eigenvalue weighted by Gasteiger charge is -2.33. The van der Waals surface area contributed by atoms with E-state index in [0.29, 0.717) is 0 Å². The van der Waals surface area contributed by atoms with E-state index in [1.54, 1.807) is 7.11 Å². The SMILES string of the molecule is COCCn1ccnc1CN1CCN(C/C=C/c2ccccc2)CC1. The summed E-state index contributed by atoms with van der Waals surface area (Å²) in [5.41, 5.74) is 1.27. The number of imidazole rings is 1. The molecule has 25 heavy (non-hydrogen) atoms. The van der Waals surface area contributed by atoms with E-state index in [4.69, 9.17) is 4.74 Å². The summed E-state index contributed by atoms with van der Waals surface area (Å²) in [6.07, 6.45) is 8.40. The summed E-state index contributed by atoms with van der Waals surface area (Å²) in [7, 11) is 1.74. The molecule has 1 aliphatic heterocycles. The molecule has 134 valence electrons. The summed E-state index contributed by atoms with van der Waals surface area (Å²) in [6, 6.07) is 10.5. The van der Waals surface area contributed by atoms with Crippen molar-refractivity contribution in [2.24, 2.45) is 0 Å². The van der Waals surface area contributed by atoms with E-state index in [1.807, 2.05) is 12.4 Å². The van der Waals surface area contributed by atoms with E-state index >= 15 is 0 Å². The van der Waals surface area contributed by atoms with Gasteiger partial charge in [-0.3, -0.25) is 9.80 Å². The first kappa shape index (κ1) is 17.9. The van der Waals surface area contributed by atoms with Gasteiger partial charge in [-0.1, -0.05) is 42.5 Å². The Morgan fingerprint density at radius 3 is 2.60 bits per heavy atom. The molecule has 0 saturated carbocycles. The number of nitrogens with zero attached hydrogens (tertiary/aromatic N) is 4. The third kappa shape index (κ3) is 5.53. The lowest BCUT2D eigenvalue weighted by Crippen LogP contribution is -2.46. The van der Waals surface area contributed by atoms with Gasteiger partial charge >= 0.3 is 0 Å². The molecule has 5 nitrogen and oxygen atoms in total. The van der Waals surface area contributed by atoms with Crippen molar-refractivity contribution in [1.29, 1.82) is 0 Å². The van der Waals surface area contributed by atoms with Gasteiger partial charge in [-0.15, -0.1) is 0 Å². The molecule has 2 heterocycles. The van der Waals surface area contributed by atoms with Crippen LogP contribution in [-0.2, 0) is 17.8 Å². The van der Waals surface area contributed by atoms with Crippen molar-refractivity contribution < 1.29 is 4.74 Å². The number of methoxy groups -OCH3 is 1. The van der Waals surface area contributed by atoms with Crippen molar-refractivity contribution in [2.45, 2.75) is 13.1 Å². The fourth-order valence-electron chi connectivity index (χ4n) is 3.12. The molecule has 0 N–H and O–H groups in total. The first-order valence-corrected chi connectivity index (χ1v) is 9.00. The van der Waals surface area contributed by atoms with Gasteiger partial charge in [0.15, 0.2) is 0 Å². The van der Waals surface area contributed by atoms with Gasteiger partial charge in [0, 0.05) is 58.8 Å². The number of rotatable bonds is 8. The maximum atomic E-state index is 5.17. The molecular formula is C20H28N4O. The summed E-state index contributed by atoms with van der Waals surface area (Å²) in [4.78, 5) is 9.50. The predicted molar refractivity (Wildman–Crippen MR) is 101 cm³/mol. The summed E-state index contributed by atoms with van der Waals surface area (Å²) >= 11 is 0. The van der Waals surface area contributed by atoms with Gasteiger partial charge in [0.2, 0.25) is 0 Å². The fraction of sp³-hybridized carbons (Fsp3) is 0.450. The second-order valence-corrected chi connectivity index (χ2v) is 6.42. The smallest absolute Gasteiger partial charge is 0.122 e. The van der Waals surface area contributed by atoms with E-state index in [1.165, 1.54) is 5.56 Å². The highest BCUT2D eigenvalue weighted by molar-refractivity contribution is 5.48. The van der Waals surface area contributed by atoms with Crippen molar-refractivity contribution in [3.8, 4) is 0 Å². The molecular weight excluding hydrogens is 312 g/mol.